The Morgan fingerprint density at radius 2 is 1.40 bits per heavy atom. The third-order valence-corrected chi connectivity index (χ3v) is 3.94. The highest BCUT2D eigenvalue weighted by atomic mass is 16.5. The molecule has 0 aliphatic carbocycles. The maximum atomic E-state index is 6.02. The Hall–Kier alpha value is -0.760. The number of ether oxygens (including phenoxy) is 1. The lowest BCUT2D eigenvalue weighted by Crippen LogP contribution is -2.15. The Bertz CT molecular complexity index is 307. The van der Waals surface area contributed by atoms with Crippen molar-refractivity contribution >= 4 is 0 Å². The van der Waals surface area contributed by atoms with Crippen molar-refractivity contribution < 1.29 is 4.74 Å². The van der Waals surface area contributed by atoms with Crippen molar-refractivity contribution in [2.24, 2.45) is 0 Å². The molecule has 0 saturated carbocycles. The maximum absolute atomic E-state index is 6.02. The van der Waals surface area contributed by atoms with Gasteiger partial charge in [0.2, 0.25) is 0 Å². The fourth-order valence-electron chi connectivity index (χ4n) is 2.63. The van der Waals surface area contributed by atoms with Gasteiger partial charge in [0, 0.05) is 12.4 Å². The number of hydrogen-bond donors (Lipinski definition) is 0. The molecule has 0 saturated heterocycles. The molecular formula is C18H33NO. The molecule has 0 aromatic carbocycles. The van der Waals surface area contributed by atoms with Crippen molar-refractivity contribution in [3.63, 3.8) is 0 Å². The van der Waals surface area contributed by atoms with Crippen LogP contribution in [-0.4, -0.2) is 10.7 Å². The molecule has 1 aromatic rings. The Morgan fingerprint density at radius 1 is 0.850 bits per heavy atom. The first-order valence-corrected chi connectivity index (χ1v) is 8.52. The van der Waals surface area contributed by atoms with Crippen molar-refractivity contribution in [1.29, 1.82) is 0 Å². The smallest absolute Gasteiger partial charge is 0.130 e. The van der Waals surface area contributed by atoms with Crippen LogP contribution in [-0.2, 0) is 4.74 Å². The summed E-state index contributed by atoms with van der Waals surface area (Å²) >= 11 is 0. The summed E-state index contributed by atoms with van der Waals surface area (Å²) < 4.78 is 8.13. The molecule has 1 aromatic heterocycles. The molecule has 116 valence electrons. The van der Waals surface area contributed by atoms with E-state index in [1.54, 1.807) is 0 Å². The van der Waals surface area contributed by atoms with Crippen LogP contribution in [0.2, 0.25) is 0 Å². The lowest BCUT2D eigenvalue weighted by Gasteiger charge is -2.20. The summed E-state index contributed by atoms with van der Waals surface area (Å²) in [6.07, 6.45) is 16.9. The molecule has 0 N–H and O–H groups in total. The first kappa shape index (κ1) is 17.3. The number of nitrogens with zero attached hydrogens (tertiary/aromatic N) is 1. The SMILES string of the molecule is CCCCCCCCCCC(C)OC(C)n1cccc1. The zero-order valence-corrected chi connectivity index (χ0v) is 13.7. The summed E-state index contributed by atoms with van der Waals surface area (Å²) in [7, 11) is 0. The van der Waals surface area contributed by atoms with E-state index in [2.05, 4.69) is 37.7 Å². The second-order valence-electron chi connectivity index (χ2n) is 5.94. The first-order chi connectivity index (χ1) is 9.74. The zero-order chi connectivity index (χ0) is 14.6. The molecule has 2 heteroatoms. The minimum absolute atomic E-state index is 0.147. The van der Waals surface area contributed by atoms with E-state index in [1.165, 1.54) is 57.8 Å². The van der Waals surface area contributed by atoms with Crippen LogP contribution in [0.25, 0.3) is 0 Å². The minimum Gasteiger partial charge on any atom is -0.355 e. The van der Waals surface area contributed by atoms with E-state index in [1.807, 2.05) is 12.1 Å². The minimum atomic E-state index is 0.147. The molecule has 0 radical (unpaired) electrons. The highest BCUT2D eigenvalue weighted by molar-refractivity contribution is 4.91. The number of hydrogen-bond acceptors (Lipinski definition) is 1. The molecule has 0 bridgehead atoms. The van der Waals surface area contributed by atoms with Gasteiger partial charge in [-0.25, -0.2) is 0 Å². The van der Waals surface area contributed by atoms with Gasteiger partial charge in [0.1, 0.15) is 6.23 Å². The van der Waals surface area contributed by atoms with Gasteiger partial charge < -0.3 is 9.30 Å². The third kappa shape index (κ3) is 7.74. The number of aromatic nitrogens is 1. The van der Waals surface area contributed by atoms with Crippen molar-refractivity contribution in [3.05, 3.63) is 24.5 Å². The quantitative estimate of drug-likeness (QED) is 0.432. The van der Waals surface area contributed by atoms with E-state index >= 15 is 0 Å². The summed E-state index contributed by atoms with van der Waals surface area (Å²) in [5, 5.41) is 0. The van der Waals surface area contributed by atoms with Crippen LogP contribution < -0.4 is 0 Å². The van der Waals surface area contributed by atoms with E-state index < -0.39 is 0 Å². The van der Waals surface area contributed by atoms with Crippen molar-refractivity contribution in [3.8, 4) is 0 Å². The van der Waals surface area contributed by atoms with Crippen molar-refractivity contribution in [2.75, 3.05) is 0 Å². The van der Waals surface area contributed by atoms with Gasteiger partial charge >= 0.3 is 0 Å². The van der Waals surface area contributed by atoms with Crippen LogP contribution in [0.5, 0.6) is 0 Å². The van der Waals surface area contributed by atoms with Crippen LogP contribution in [0, 0.1) is 0 Å². The molecule has 2 nitrogen and oxygen atoms in total. The summed E-state index contributed by atoms with van der Waals surface area (Å²) in [4.78, 5) is 0. The van der Waals surface area contributed by atoms with Gasteiger partial charge in [-0.2, -0.15) is 0 Å². The van der Waals surface area contributed by atoms with Crippen LogP contribution in [0.1, 0.15) is 84.8 Å². The topological polar surface area (TPSA) is 14.2 Å². The highest BCUT2D eigenvalue weighted by Gasteiger charge is 2.08. The standard InChI is InChI=1S/C18H33NO/c1-4-5-6-7-8-9-10-11-14-17(2)20-18(3)19-15-12-13-16-19/h12-13,15-18H,4-11,14H2,1-3H3. The van der Waals surface area contributed by atoms with E-state index in [4.69, 9.17) is 4.74 Å². The van der Waals surface area contributed by atoms with E-state index in [-0.39, 0.29) is 6.23 Å². The van der Waals surface area contributed by atoms with Gasteiger partial charge in [-0.15, -0.1) is 0 Å². The van der Waals surface area contributed by atoms with Gasteiger partial charge in [-0.3, -0.25) is 0 Å². The predicted molar refractivity (Wildman–Crippen MR) is 86.9 cm³/mol. The summed E-state index contributed by atoms with van der Waals surface area (Å²) in [6, 6.07) is 4.09. The lowest BCUT2D eigenvalue weighted by atomic mass is 10.1. The average molecular weight is 279 g/mol. The fraction of sp³-hybridized carbons (Fsp3) is 0.778. The summed E-state index contributed by atoms with van der Waals surface area (Å²) in [5.74, 6) is 0. The zero-order valence-electron chi connectivity index (χ0n) is 13.7. The lowest BCUT2D eigenvalue weighted by molar-refractivity contribution is -0.0379. The largest absolute Gasteiger partial charge is 0.355 e. The molecule has 0 amide bonds. The van der Waals surface area contributed by atoms with E-state index in [0.29, 0.717) is 6.10 Å². The van der Waals surface area contributed by atoms with Gasteiger partial charge in [-0.1, -0.05) is 58.3 Å². The Morgan fingerprint density at radius 3 is 2.00 bits per heavy atom. The molecule has 1 rings (SSSR count). The molecule has 2 atom stereocenters. The normalized spacial score (nSPS) is 14.3. The predicted octanol–water partition coefficient (Wildman–Crippen LogP) is 5.94. The monoisotopic (exact) mass is 279 g/mol. The number of rotatable bonds is 12. The summed E-state index contributed by atoms with van der Waals surface area (Å²) in [5.41, 5.74) is 0. The Kier molecular flexibility index (Phi) is 9.48. The maximum Gasteiger partial charge on any atom is 0.130 e. The molecule has 1 heterocycles. The number of unbranched alkanes of at least 4 members (excludes halogenated alkanes) is 7. The summed E-state index contributed by atoms with van der Waals surface area (Å²) in [6.45, 7) is 6.58. The van der Waals surface area contributed by atoms with Crippen LogP contribution >= 0.6 is 0 Å². The molecule has 0 aliphatic rings. The second-order valence-corrected chi connectivity index (χ2v) is 5.94. The Labute approximate surface area is 125 Å². The van der Waals surface area contributed by atoms with Crippen molar-refractivity contribution in [2.45, 2.75) is 90.9 Å². The molecule has 20 heavy (non-hydrogen) atoms. The molecule has 0 fully saturated rings. The van der Waals surface area contributed by atoms with Crippen LogP contribution in [0.4, 0.5) is 0 Å². The van der Waals surface area contributed by atoms with Crippen molar-refractivity contribution in [1.82, 2.24) is 4.57 Å². The van der Waals surface area contributed by atoms with Gasteiger partial charge in [-0.05, 0) is 32.4 Å². The van der Waals surface area contributed by atoms with E-state index in [9.17, 15) is 0 Å². The van der Waals surface area contributed by atoms with E-state index in [0.717, 1.165) is 0 Å². The molecular weight excluding hydrogens is 246 g/mol. The van der Waals surface area contributed by atoms with Gasteiger partial charge in [0.25, 0.3) is 0 Å². The van der Waals surface area contributed by atoms with Crippen LogP contribution in [0.3, 0.4) is 0 Å². The van der Waals surface area contributed by atoms with Gasteiger partial charge in [0.05, 0.1) is 6.10 Å². The molecule has 2 unspecified atom stereocenters. The first-order valence-electron chi connectivity index (χ1n) is 8.52. The average Bonchev–Trinajstić information content (AvgIpc) is 2.96. The van der Waals surface area contributed by atoms with Crippen LogP contribution in [0.15, 0.2) is 24.5 Å². The fourth-order valence-corrected chi connectivity index (χ4v) is 2.63. The Balaban J connectivity index is 1.96. The van der Waals surface area contributed by atoms with Gasteiger partial charge in [0.15, 0.2) is 0 Å². The third-order valence-electron chi connectivity index (χ3n) is 3.94. The second kappa shape index (κ2) is 11.0. The highest BCUT2D eigenvalue weighted by Crippen LogP contribution is 2.16. The molecule has 0 aliphatic heterocycles. The molecule has 0 spiro atoms.